The Morgan fingerprint density at radius 2 is 1.98 bits per heavy atom. The van der Waals surface area contributed by atoms with Gasteiger partial charge in [0.05, 0.1) is 6.54 Å². The van der Waals surface area contributed by atoms with Crippen LogP contribution in [0, 0.1) is 0 Å². The fraction of sp³-hybridized carbons (Fsp3) is 0.478. The predicted octanol–water partition coefficient (Wildman–Crippen LogP) is 0.721. The molecular weight excluding hydrogens is 675 g/mol. The van der Waals surface area contributed by atoms with E-state index in [0.717, 1.165) is 16.4 Å². The van der Waals surface area contributed by atoms with Crippen molar-refractivity contribution in [2.75, 3.05) is 17.2 Å². The summed E-state index contributed by atoms with van der Waals surface area (Å²) < 4.78 is 9.62. The molecular formula is C23H27N9O9S4. The number of ether oxygens (including phenoxy) is 1. The number of nitrogens with one attached hydrogen (secondary N) is 2. The van der Waals surface area contributed by atoms with Gasteiger partial charge in [-0.3, -0.25) is 14.5 Å². The Balaban J connectivity index is 1.41. The molecule has 242 valence electrons. The number of nitrogens with two attached hydrogens (primary N) is 1. The quantitative estimate of drug-likeness (QED) is 0.0883. The summed E-state index contributed by atoms with van der Waals surface area (Å²) in [5.41, 5.74) is 4.72. The van der Waals surface area contributed by atoms with Gasteiger partial charge >= 0.3 is 18.0 Å². The molecule has 2 unspecified atom stereocenters. The first kappa shape index (κ1) is 33.9. The summed E-state index contributed by atoms with van der Waals surface area (Å²) in [7, 11) is 0. The number of nitrogen functional groups attached to an aromatic ring is 1. The summed E-state index contributed by atoms with van der Waals surface area (Å²) in [6.45, 7) is 6.53. The second kappa shape index (κ2) is 14.0. The topological polar surface area (TPSA) is 262 Å². The van der Waals surface area contributed by atoms with Crippen LogP contribution in [0.3, 0.4) is 0 Å². The van der Waals surface area contributed by atoms with E-state index >= 15 is 0 Å². The highest BCUT2D eigenvalue weighted by Gasteiger charge is 2.54. The molecule has 4 rings (SSSR count). The summed E-state index contributed by atoms with van der Waals surface area (Å²) >= 11 is 4.46. The molecule has 2 aromatic heterocycles. The van der Waals surface area contributed by atoms with Crippen LogP contribution in [0.2, 0.25) is 0 Å². The molecule has 0 radical (unpaired) electrons. The van der Waals surface area contributed by atoms with E-state index < -0.39 is 58.7 Å². The van der Waals surface area contributed by atoms with Crippen molar-refractivity contribution >= 4 is 87.1 Å². The number of amides is 3. The summed E-state index contributed by atoms with van der Waals surface area (Å²) in [5, 5.41) is 35.6. The van der Waals surface area contributed by atoms with Crippen LogP contribution in [-0.4, -0.2) is 105 Å². The van der Waals surface area contributed by atoms with Crippen molar-refractivity contribution in [3.8, 4) is 0 Å². The van der Waals surface area contributed by atoms with E-state index in [0.29, 0.717) is 14.9 Å². The number of carbonyl (C=O) groups excluding carboxylic acids is 3. The van der Waals surface area contributed by atoms with E-state index in [1.807, 2.05) is 0 Å². The summed E-state index contributed by atoms with van der Waals surface area (Å²) in [5.74, 6) is -4.06. The van der Waals surface area contributed by atoms with Crippen molar-refractivity contribution in [3.63, 3.8) is 0 Å². The Hall–Kier alpha value is -4.02. The molecule has 4 heterocycles. The molecule has 2 aliphatic heterocycles. The fourth-order valence-electron chi connectivity index (χ4n) is 3.67. The third-order valence-electron chi connectivity index (χ3n) is 5.66. The number of fused-ring (bicyclic) bond motifs is 1. The fourth-order valence-corrected chi connectivity index (χ4v) is 7.43. The maximum atomic E-state index is 13.1. The van der Waals surface area contributed by atoms with E-state index in [-0.39, 0.29) is 34.7 Å². The Kier molecular flexibility index (Phi) is 10.5. The molecule has 18 nitrogen and oxygen atoms in total. The van der Waals surface area contributed by atoms with Crippen LogP contribution >= 0.6 is 46.4 Å². The zero-order chi connectivity index (χ0) is 33.1. The van der Waals surface area contributed by atoms with Gasteiger partial charge in [0.2, 0.25) is 17.6 Å². The SMILES string of the molecule is CC(ON=C(C(=O)NC1C(=O)N2C(C(=O)O)=C(CSc3nnc(CNC(=O)OC(C)(C)C)s3)CS[C@H]12)c1nsc(N)n1)C(=O)O. The number of anilines is 1. The minimum atomic E-state index is -1.40. The van der Waals surface area contributed by atoms with E-state index in [1.165, 1.54) is 41.8 Å². The lowest BCUT2D eigenvalue weighted by molar-refractivity contribution is -0.150. The Labute approximate surface area is 271 Å². The minimum Gasteiger partial charge on any atom is -0.478 e. The summed E-state index contributed by atoms with van der Waals surface area (Å²) in [6.07, 6.45) is -2.00. The van der Waals surface area contributed by atoms with Crippen LogP contribution in [0.15, 0.2) is 20.8 Å². The summed E-state index contributed by atoms with van der Waals surface area (Å²) in [4.78, 5) is 71.3. The highest BCUT2D eigenvalue weighted by molar-refractivity contribution is 8.01. The zero-order valence-corrected chi connectivity index (χ0v) is 27.3. The van der Waals surface area contributed by atoms with Gasteiger partial charge in [0, 0.05) is 23.0 Å². The number of oxime groups is 1. The monoisotopic (exact) mass is 701 g/mol. The molecule has 1 fully saturated rings. The van der Waals surface area contributed by atoms with Crippen molar-refractivity contribution < 1.29 is 43.8 Å². The van der Waals surface area contributed by atoms with Crippen LogP contribution in [0.4, 0.5) is 9.93 Å². The Morgan fingerprint density at radius 1 is 1.24 bits per heavy atom. The van der Waals surface area contributed by atoms with Gasteiger partial charge in [-0.1, -0.05) is 28.3 Å². The molecule has 0 spiro atoms. The van der Waals surface area contributed by atoms with E-state index in [2.05, 4.69) is 35.3 Å². The van der Waals surface area contributed by atoms with Gasteiger partial charge in [-0.15, -0.1) is 22.0 Å². The smallest absolute Gasteiger partial charge is 0.408 e. The largest absolute Gasteiger partial charge is 0.478 e. The molecule has 0 aliphatic carbocycles. The number of rotatable bonds is 12. The number of carboxylic acids is 2. The van der Waals surface area contributed by atoms with Gasteiger partial charge in [-0.05, 0) is 33.3 Å². The first-order valence-corrected chi connectivity index (χ1v) is 16.5. The second-order valence-corrected chi connectivity index (χ2v) is 14.4. The number of aliphatic carboxylic acids is 2. The number of carbonyl (C=O) groups is 5. The maximum absolute atomic E-state index is 13.1. The lowest BCUT2D eigenvalue weighted by atomic mass is 10.0. The number of hydrogen-bond donors (Lipinski definition) is 5. The van der Waals surface area contributed by atoms with Crippen LogP contribution in [-0.2, 0) is 35.3 Å². The molecule has 3 amide bonds. The van der Waals surface area contributed by atoms with Gasteiger partial charge in [0.1, 0.15) is 27.7 Å². The second-order valence-electron chi connectivity index (χ2n) is 10.2. The number of hydrogen-bond acceptors (Lipinski definition) is 17. The number of alkyl carbamates (subject to hydrolysis) is 1. The van der Waals surface area contributed by atoms with Gasteiger partial charge < -0.3 is 36.2 Å². The van der Waals surface area contributed by atoms with Gasteiger partial charge in [0.15, 0.2) is 9.47 Å². The van der Waals surface area contributed by atoms with Crippen LogP contribution < -0.4 is 16.4 Å². The predicted molar refractivity (Wildman–Crippen MR) is 162 cm³/mol. The van der Waals surface area contributed by atoms with E-state index in [4.69, 9.17) is 20.4 Å². The van der Waals surface area contributed by atoms with Gasteiger partial charge in [-0.25, -0.2) is 14.4 Å². The third-order valence-corrected chi connectivity index (χ3v) is 9.68. The van der Waals surface area contributed by atoms with Crippen molar-refractivity contribution in [1.29, 1.82) is 0 Å². The van der Waals surface area contributed by atoms with Crippen molar-refractivity contribution in [1.82, 2.24) is 35.1 Å². The third kappa shape index (κ3) is 8.38. The first-order valence-electron chi connectivity index (χ1n) is 12.8. The Bertz CT molecular complexity index is 1570. The van der Waals surface area contributed by atoms with Crippen LogP contribution in [0.5, 0.6) is 0 Å². The molecule has 0 saturated carbocycles. The van der Waals surface area contributed by atoms with Crippen LogP contribution in [0.1, 0.15) is 38.5 Å². The normalized spacial score (nSPS) is 18.9. The average Bonchev–Trinajstić information content (AvgIpc) is 3.60. The lowest BCUT2D eigenvalue weighted by Crippen LogP contribution is -2.71. The van der Waals surface area contributed by atoms with Crippen molar-refractivity contribution in [2.24, 2.45) is 5.16 Å². The highest BCUT2D eigenvalue weighted by Crippen LogP contribution is 2.41. The maximum Gasteiger partial charge on any atom is 0.408 e. The standard InChI is InChI=1S/C23H27N9O9S4/c1-8(18(35)36)41-30-11(14-27-20(24)45-31-14)15(33)26-12-16(34)32-13(19(37)38)9(6-42-17(12)32)7-43-22-29-28-10(44-22)5-25-21(39)40-23(2,3)4/h8,12,17H,5-7H2,1-4H3,(H,25,39)(H,26,33)(H,35,36)(H,37,38)(H2,24,27,31)/t8?,12?,17-/m1/s1. The molecule has 2 aromatic rings. The van der Waals surface area contributed by atoms with Gasteiger partial charge in [-0.2, -0.15) is 9.36 Å². The number of nitrogens with zero attached hydrogens (tertiary/aromatic N) is 6. The molecule has 2 aliphatic rings. The number of aromatic nitrogens is 4. The van der Waals surface area contributed by atoms with Crippen molar-refractivity contribution in [2.45, 2.75) is 61.7 Å². The molecule has 0 aromatic carbocycles. The van der Waals surface area contributed by atoms with Crippen LogP contribution in [0.25, 0.3) is 0 Å². The molecule has 0 bridgehead atoms. The minimum absolute atomic E-state index is 0.00868. The number of thioether (sulfide) groups is 2. The molecule has 45 heavy (non-hydrogen) atoms. The molecule has 6 N–H and O–H groups in total. The Morgan fingerprint density at radius 3 is 2.60 bits per heavy atom. The van der Waals surface area contributed by atoms with Gasteiger partial charge in [0.25, 0.3) is 11.8 Å². The zero-order valence-electron chi connectivity index (χ0n) is 24.0. The molecule has 22 heteroatoms. The first-order chi connectivity index (χ1) is 21.1. The average molecular weight is 702 g/mol. The van der Waals surface area contributed by atoms with Crippen molar-refractivity contribution in [3.05, 3.63) is 22.1 Å². The number of carboxylic acid groups (broad SMARTS) is 2. The molecule has 1 saturated heterocycles. The highest BCUT2D eigenvalue weighted by atomic mass is 32.2. The lowest BCUT2D eigenvalue weighted by Gasteiger charge is -2.49. The van der Waals surface area contributed by atoms with E-state index in [1.54, 1.807) is 20.8 Å². The number of β-lactam (4-membered cyclic amide) rings is 1. The molecule has 3 atom stereocenters. The van der Waals surface area contributed by atoms with E-state index in [9.17, 15) is 29.1 Å². The summed E-state index contributed by atoms with van der Waals surface area (Å²) in [6, 6.07) is -1.12.